The Morgan fingerprint density at radius 3 is 1.35 bits per heavy atom. The minimum Gasteiger partial charge on any atom is -0.494 e. The lowest BCUT2D eigenvalue weighted by Crippen LogP contribution is -2.01. The van der Waals surface area contributed by atoms with Gasteiger partial charge in [-0.25, -0.2) is 0 Å². The van der Waals surface area contributed by atoms with E-state index in [2.05, 4.69) is 12.1 Å². The molecule has 116 valence electrons. The minimum absolute atomic E-state index is 0.636. The number of hydrogen-bond acceptors (Lipinski definition) is 4. The fourth-order valence-electron chi connectivity index (χ4n) is 2.01. The summed E-state index contributed by atoms with van der Waals surface area (Å²) in [6.45, 7) is 1.31. The molecule has 0 fully saturated rings. The summed E-state index contributed by atoms with van der Waals surface area (Å²) in [5.74, 6) is 1.58. The average molecular weight is 306 g/mol. The van der Waals surface area contributed by atoms with E-state index in [1.165, 1.54) is 0 Å². The van der Waals surface area contributed by atoms with Crippen molar-refractivity contribution in [2.75, 3.05) is 13.2 Å². The Bertz CT molecular complexity index is 618. The van der Waals surface area contributed by atoms with Gasteiger partial charge >= 0.3 is 0 Å². The van der Waals surface area contributed by atoms with Crippen molar-refractivity contribution in [3.05, 3.63) is 59.7 Å². The van der Waals surface area contributed by atoms with Gasteiger partial charge in [0.1, 0.15) is 11.5 Å². The number of unbranched alkanes of at least 4 members (excludes halogenated alkanes) is 2. The highest BCUT2D eigenvalue weighted by atomic mass is 16.5. The molecule has 0 aromatic heterocycles. The van der Waals surface area contributed by atoms with Crippen LogP contribution in [-0.2, 0) is 0 Å². The molecule has 0 amide bonds. The molecule has 0 saturated carbocycles. The molecule has 4 heteroatoms. The van der Waals surface area contributed by atoms with E-state index < -0.39 is 0 Å². The fourth-order valence-corrected chi connectivity index (χ4v) is 2.01. The zero-order chi connectivity index (χ0) is 16.3. The molecule has 0 N–H and O–H groups in total. The van der Waals surface area contributed by atoms with Gasteiger partial charge in [0, 0.05) is 0 Å². The predicted octanol–water partition coefficient (Wildman–Crippen LogP) is 4.06. The van der Waals surface area contributed by atoms with Crippen molar-refractivity contribution in [3.63, 3.8) is 0 Å². The highest BCUT2D eigenvalue weighted by molar-refractivity contribution is 5.35. The molecule has 0 aliphatic heterocycles. The second kappa shape index (κ2) is 9.12. The van der Waals surface area contributed by atoms with E-state index in [9.17, 15) is 0 Å². The van der Waals surface area contributed by atoms with Crippen molar-refractivity contribution in [2.24, 2.45) is 0 Å². The third kappa shape index (κ3) is 5.73. The van der Waals surface area contributed by atoms with Crippen molar-refractivity contribution >= 4 is 0 Å². The Balaban J connectivity index is 1.55. The number of ether oxygens (including phenoxy) is 2. The number of nitrogens with zero attached hydrogens (tertiary/aromatic N) is 2. The fraction of sp³-hybridized carbons (Fsp3) is 0.263. The summed E-state index contributed by atoms with van der Waals surface area (Å²) in [6.07, 6.45) is 2.93. The number of hydrogen-bond donors (Lipinski definition) is 0. The van der Waals surface area contributed by atoms with Gasteiger partial charge in [-0.05, 0) is 67.8 Å². The Morgan fingerprint density at radius 2 is 1.00 bits per heavy atom. The lowest BCUT2D eigenvalue weighted by Gasteiger charge is -2.07. The zero-order valence-corrected chi connectivity index (χ0v) is 12.9. The molecule has 2 aromatic carbocycles. The lowest BCUT2D eigenvalue weighted by atomic mass is 10.2. The van der Waals surface area contributed by atoms with Crippen LogP contribution in [0, 0.1) is 22.7 Å². The van der Waals surface area contributed by atoms with E-state index in [0.717, 1.165) is 30.8 Å². The Labute approximate surface area is 136 Å². The summed E-state index contributed by atoms with van der Waals surface area (Å²) in [7, 11) is 0. The Hall–Kier alpha value is -2.98. The van der Waals surface area contributed by atoms with Gasteiger partial charge in [0.15, 0.2) is 0 Å². The van der Waals surface area contributed by atoms with Crippen LogP contribution in [0.5, 0.6) is 11.5 Å². The quantitative estimate of drug-likeness (QED) is 0.690. The molecule has 2 rings (SSSR count). The van der Waals surface area contributed by atoms with E-state index in [-0.39, 0.29) is 0 Å². The molecule has 0 radical (unpaired) electrons. The maximum absolute atomic E-state index is 8.72. The normalized spacial score (nSPS) is 9.65. The average Bonchev–Trinajstić information content (AvgIpc) is 2.62. The van der Waals surface area contributed by atoms with Gasteiger partial charge in [-0.2, -0.15) is 10.5 Å². The first kappa shape index (κ1) is 16.4. The first-order chi connectivity index (χ1) is 11.3. The maximum atomic E-state index is 8.72. The Kier molecular flexibility index (Phi) is 6.50. The summed E-state index contributed by atoms with van der Waals surface area (Å²) in [6, 6.07) is 18.4. The molecular formula is C19H18N2O2. The van der Waals surface area contributed by atoms with Crippen LogP contribution in [0.2, 0.25) is 0 Å². The van der Waals surface area contributed by atoms with Crippen LogP contribution in [0.1, 0.15) is 30.4 Å². The van der Waals surface area contributed by atoms with Crippen LogP contribution in [0.3, 0.4) is 0 Å². The van der Waals surface area contributed by atoms with E-state index in [1.54, 1.807) is 24.3 Å². The molecule has 0 aliphatic rings. The summed E-state index contributed by atoms with van der Waals surface area (Å²) in [4.78, 5) is 0. The van der Waals surface area contributed by atoms with Crippen LogP contribution in [0.4, 0.5) is 0 Å². The highest BCUT2D eigenvalue weighted by Crippen LogP contribution is 2.13. The molecular weight excluding hydrogens is 288 g/mol. The molecule has 0 spiro atoms. The molecule has 23 heavy (non-hydrogen) atoms. The van der Waals surface area contributed by atoms with Gasteiger partial charge in [0.2, 0.25) is 0 Å². The molecule has 0 atom stereocenters. The van der Waals surface area contributed by atoms with Crippen LogP contribution < -0.4 is 9.47 Å². The van der Waals surface area contributed by atoms with Crippen molar-refractivity contribution in [3.8, 4) is 23.6 Å². The predicted molar refractivity (Wildman–Crippen MR) is 87.2 cm³/mol. The van der Waals surface area contributed by atoms with Gasteiger partial charge in [-0.3, -0.25) is 0 Å². The van der Waals surface area contributed by atoms with Crippen LogP contribution in [0.15, 0.2) is 48.5 Å². The van der Waals surface area contributed by atoms with Crippen LogP contribution in [-0.4, -0.2) is 13.2 Å². The molecule has 0 heterocycles. The van der Waals surface area contributed by atoms with Crippen molar-refractivity contribution in [1.29, 1.82) is 10.5 Å². The smallest absolute Gasteiger partial charge is 0.119 e. The van der Waals surface area contributed by atoms with Gasteiger partial charge < -0.3 is 9.47 Å². The van der Waals surface area contributed by atoms with Crippen molar-refractivity contribution in [1.82, 2.24) is 0 Å². The molecule has 2 aromatic rings. The summed E-state index contributed by atoms with van der Waals surface area (Å²) in [5.41, 5.74) is 1.27. The summed E-state index contributed by atoms with van der Waals surface area (Å²) < 4.78 is 11.2. The van der Waals surface area contributed by atoms with E-state index in [0.29, 0.717) is 24.3 Å². The first-order valence-electron chi connectivity index (χ1n) is 7.58. The first-order valence-corrected chi connectivity index (χ1v) is 7.58. The van der Waals surface area contributed by atoms with Crippen LogP contribution >= 0.6 is 0 Å². The molecule has 0 bridgehead atoms. The lowest BCUT2D eigenvalue weighted by molar-refractivity contribution is 0.279. The van der Waals surface area contributed by atoms with Crippen LogP contribution in [0.25, 0.3) is 0 Å². The van der Waals surface area contributed by atoms with E-state index in [4.69, 9.17) is 20.0 Å². The van der Waals surface area contributed by atoms with E-state index >= 15 is 0 Å². The topological polar surface area (TPSA) is 66.0 Å². The third-order valence-corrected chi connectivity index (χ3v) is 3.29. The Morgan fingerprint density at radius 1 is 0.609 bits per heavy atom. The molecule has 0 aliphatic carbocycles. The second-order valence-corrected chi connectivity index (χ2v) is 5.03. The number of benzene rings is 2. The summed E-state index contributed by atoms with van der Waals surface area (Å²) in [5, 5.41) is 17.4. The highest BCUT2D eigenvalue weighted by Gasteiger charge is 1.97. The van der Waals surface area contributed by atoms with Gasteiger partial charge in [0.25, 0.3) is 0 Å². The maximum Gasteiger partial charge on any atom is 0.119 e. The van der Waals surface area contributed by atoms with Gasteiger partial charge in [0.05, 0.1) is 36.5 Å². The van der Waals surface area contributed by atoms with Gasteiger partial charge in [-0.1, -0.05) is 0 Å². The second-order valence-electron chi connectivity index (χ2n) is 5.03. The minimum atomic E-state index is 0.636. The van der Waals surface area contributed by atoms with E-state index in [1.807, 2.05) is 24.3 Å². The summed E-state index contributed by atoms with van der Waals surface area (Å²) >= 11 is 0. The number of nitriles is 2. The zero-order valence-electron chi connectivity index (χ0n) is 12.9. The van der Waals surface area contributed by atoms with Gasteiger partial charge in [-0.15, -0.1) is 0 Å². The van der Waals surface area contributed by atoms with Crippen molar-refractivity contribution < 1.29 is 9.47 Å². The molecule has 0 saturated heterocycles. The molecule has 0 unspecified atom stereocenters. The van der Waals surface area contributed by atoms with Crippen molar-refractivity contribution in [2.45, 2.75) is 19.3 Å². The standard InChI is InChI=1S/C19H18N2O2/c20-14-16-4-8-18(9-5-16)22-12-2-1-3-13-23-19-10-6-17(15-21)7-11-19/h4-11H,1-3,12-13H2. The SMILES string of the molecule is N#Cc1ccc(OCCCCCOc2ccc(C#N)cc2)cc1. The molecule has 4 nitrogen and oxygen atoms in total. The third-order valence-electron chi connectivity index (χ3n) is 3.29. The monoisotopic (exact) mass is 306 g/mol. The largest absolute Gasteiger partial charge is 0.494 e. The number of rotatable bonds is 8.